The number of ether oxygens (including phenoxy) is 2. The summed E-state index contributed by atoms with van der Waals surface area (Å²) in [5.74, 6) is 1.35. The van der Waals surface area contributed by atoms with E-state index < -0.39 is 0 Å². The van der Waals surface area contributed by atoms with Crippen LogP contribution in [0.15, 0.2) is 4.52 Å². The third kappa shape index (κ3) is 2.60. The summed E-state index contributed by atoms with van der Waals surface area (Å²) in [6, 6.07) is 0. The highest BCUT2D eigenvalue weighted by molar-refractivity contribution is 5.11. The zero-order valence-electron chi connectivity index (χ0n) is 12.8. The summed E-state index contributed by atoms with van der Waals surface area (Å²) in [6.45, 7) is 1.91. The average Bonchev–Trinajstić information content (AvgIpc) is 3.07. The zero-order valence-corrected chi connectivity index (χ0v) is 12.8. The maximum Gasteiger partial charge on any atom is 0.234 e. The molecule has 2 aliphatic rings. The molecule has 21 heavy (non-hydrogen) atoms. The first-order valence-corrected chi connectivity index (χ1v) is 7.92. The molecule has 1 aromatic heterocycles. The van der Waals surface area contributed by atoms with Gasteiger partial charge in [-0.2, -0.15) is 4.98 Å². The van der Waals surface area contributed by atoms with Crippen molar-refractivity contribution < 1.29 is 14.0 Å². The highest BCUT2D eigenvalue weighted by Gasteiger charge is 2.43. The number of rotatable bonds is 4. The van der Waals surface area contributed by atoms with E-state index in [0.29, 0.717) is 31.5 Å². The van der Waals surface area contributed by atoms with Crippen molar-refractivity contribution in [1.82, 2.24) is 10.1 Å². The number of aromatic nitrogens is 2. The minimum absolute atomic E-state index is 0.229. The van der Waals surface area contributed by atoms with Crippen LogP contribution in [0.1, 0.15) is 56.7 Å². The lowest BCUT2D eigenvalue weighted by Crippen LogP contribution is -2.41. The Hall–Kier alpha value is -0.980. The first kappa shape index (κ1) is 14.9. The van der Waals surface area contributed by atoms with E-state index in [9.17, 15) is 0 Å². The number of methoxy groups -OCH3 is 1. The van der Waals surface area contributed by atoms with Crippen molar-refractivity contribution in [2.45, 2.75) is 56.0 Å². The molecule has 1 aromatic rings. The van der Waals surface area contributed by atoms with Crippen LogP contribution in [-0.4, -0.2) is 37.0 Å². The molecule has 3 rings (SSSR count). The topological polar surface area (TPSA) is 83.4 Å². The lowest BCUT2D eigenvalue weighted by Gasteiger charge is -2.33. The molecule has 6 nitrogen and oxygen atoms in total. The number of hydrogen-bond donors (Lipinski definition) is 1. The van der Waals surface area contributed by atoms with Gasteiger partial charge in [0, 0.05) is 26.9 Å². The normalized spacial score (nSPS) is 24.9. The van der Waals surface area contributed by atoms with Gasteiger partial charge in [-0.1, -0.05) is 24.4 Å². The quantitative estimate of drug-likeness (QED) is 0.913. The second kappa shape index (κ2) is 6.02. The van der Waals surface area contributed by atoms with Crippen LogP contribution in [0.3, 0.4) is 0 Å². The Morgan fingerprint density at radius 3 is 2.48 bits per heavy atom. The van der Waals surface area contributed by atoms with Gasteiger partial charge in [0.05, 0.1) is 5.41 Å². The minimum Gasteiger partial charge on any atom is -0.381 e. The summed E-state index contributed by atoms with van der Waals surface area (Å²) in [5.41, 5.74) is 5.41. The number of nitrogens with zero attached hydrogens (tertiary/aromatic N) is 2. The molecule has 6 heteroatoms. The molecular formula is C15H25N3O3. The Labute approximate surface area is 125 Å². The maximum atomic E-state index is 6.01. The fourth-order valence-corrected chi connectivity index (χ4v) is 3.53. The van der Waals surface area contributed by atoms with Crippen LogP contribution >= 0.6 is 0 Å². The second-order valence-electron chi connectivity index (χ2n) is 6.28. The number of hydrogen-bond acceptors (Lipinski definition) is 6. The Bertz CT molecular complexity index is 422. The third-order valence-corrected chi connectivity index (χ3v) is 5.18. The van der Waals surface area contributed by atoms with E-state index in [2.05, 4.69) is 5.16 Å². The van der Waals surface area contributed by atoms with Gasteiger partial charge in [-0.25, -0.2) is 0 Å². The summed E-state index contributed by atoms with van der Waals surface area (Å²) in [5, 5.41) is 4.24. The van der Waals surface area contributed by atoms with Gasteiger partial charge < -0.3 is 19.7 Å². The molecule has 0 amide bonds. The molecule has 2 fully saturated rings. The second-order valence-corrected chi connectivity index (χ2v) is 6.28. The maximum absolute atomic E-state index is 6.01. The molecule has 1 aliphatic carbocycles. The van der Waals surface area contributed by atoms with Gasteiger partial charge in [0.25, 0.3) is 0 Å². The predicted molar refractivity (Wildman–Crippen MR) is 76.9 cm³/mol. The fraction of sp³-hybridized carbons (Fsp3) is 0.867. The van der Waals surface area contributed by atoms with Gasteiger partial charge in [0.1, 0.15) is 5.60 Å². The average molecular weight is 295 g/mol. The van der Waals surface area contributed by atoms with Crippen LogP contribution in [0.4, 0.5) is 0 Å². The molecule has 0 bridgehead atoms. The van der Waals surface area contributed by atoms with Gasteiger partial charge in [0.2, 0.25) is 11.7 Å². The molecule has 0 spiro atoms. The van der Waals surface area contributed by atoms with Crippen LogP contribution in [0.25, 0.3) is 0 Å². The van der Waals surface area contributed by atoms with E-state index in [1.54, 1.807) is 7.11 Å². The smallest absolute Gasteiger partial charge is 0.234 e. The van der Waals surface area contributed by atoms with E-state index in [1.165, 1.54) is 6.42 Å². The Morgan fingerprint density at radius 1 is 1.14 bits per heavy atom. The Kier molecular flexibility index (Phi) is 4.28. The van der Waals surface area contributed by atoms with Crippen molar-refractivity contribution in [2.75, 3.05) is 26.9 Å². The fourth-order valence-electron chi connectivity index (χ4n) is 3.53. The first-order valence-electron chi connectivity index (χ1n) is 7.92. The molecule has 0 atom stereocenters. The Balaban J connectivity index is 1.88. The Morgan fingerprint density at radius 2 is 1.86 bits per heavy atom. The van der Waals surface area contributed by atoms with Gasteiger partial charge >= 0.3 is 0 Å². The van der Waals surface area contributed by atoms with E-state index >= 15 is 0 Å². The van der Waals surface area contributed by atoms with E-state index in [-0.39, 0.29) is 11.0 Å². The largest absolute Gasteiger partial charge is 0.381 e. The van der Waals surface area contributed by atoms with Crippen LogP contribution in [0.2, 0.25) is 0 Å². The highest BCUT2D eigenvalue weighted by Crippen LogP contribution is 2.40. The summed E-state index contributed by atoms with van der Waals surface area (Å²) >= 11 is 0. The molecular weight excluding hydrogens is 270 g/mol. The molecule has 1 saturated carbocycles. The molecule has 0 radical (unpaired) electrons. The third-order valence-electron chi connectivity index (χ3n) is 5.18. The number of nitrogens with two attached hydrogens (primary N) is 1. The molecule has 1 saturated heterocycles. The van der Waals surface area contributed by atoms with Crippen LogP contribution in [0, 0.1) is 0 Å². The molecule has 118 valence electrons. The summed E-state index contributed by atoms with van der Waals surface area (Å²) in [4.78, 5) is 4.71. The highest BCUT2D eigenvalue weighted by atomic mass is 16.5. The lowest BCUT2D eigenvalue weighted by molar-refractivity contribution is -0.0527. The van der Waals surface area contributed by atoms with Crippen molar-refractivity contribution in [1.29, 1.82) is 0 Å². The van der Waals surface area contributed by atoms with E-state index in [4.69, 9.17) is 24.7 Å². The standard InChI is InChI=1S/C15H25N3O3/c1-19-15(5-3-2-4-6-15)12-17-13(21-18-12)14(11-16)7-9-20-10-8-14/h2-11,16H2,1H3. The predicted octanol–water partition coefficient (Wildman–Crippen LogP) is 1.88. The summed E-state index contributed by atoms with van der Waals surface area (Å²) in [7, 11) is 1.74. The molecule has 0 unspecified atom stereocenters. The van der Waals surface area contributed by atoms with Crippen molar-refractivity contribution >= 4 is 0 Å². The van der Waals surface area contributed by atoms with Crippen molar-refractivity contribution in [3.05, 3.63) is 11.7 Å². The van der Waals surface area contributed by atoms with Crippen molar-refractivity contribution in [2.24, 2.45) is 5.73 Å². The van der Waals surface area contributed by atoms with E-state index in [1.807, 2.05) is 0 Å². The monoisotopic (exact) mass is 295 g/mol. The van der Waals surface area contributed by atoms with Gasteiger partial charge in [0.15, 0.2) is 0 Å². The SMILES string of the molecule is COC1(c2noc(C3(CN)CCOCC3)n2)CCCCC1. The molecule has 2 N–H and O–H groups in total. The molecule has 0 aromatic carbocycles. The van der Waals surface area contributed by atoms with Gasteiger partial charge in [-0.3, -0.25) is 0 Å². The van der Waals surface area contributed by atoms with E-state index in [0.717, 1.165) is 38.5 Å². The van der Waals surface area contributed by atoms with Crippen LogP contribution < -0.4 is 5.73 Å². The first-order chi connectivity index (χ1) is 10.2. The van der Waals surface area contributed by atoms with Crippen molar-refractivity contribution in [3.63, 3.8) is 0 Å². The lowest BCUT2D eigenvalue weighted by atomic mass is 9.80. The van der Waals surface area contributed by atoms with Gasteiger partial charge in [-0.05, 0) is 25.7 Å². The zero-order chi connectivity index (χ0) is 14.8. The molecule has 2 heterocycles. The van der Waals surface area contributed by atoms with Gasteiger partial charge in [-0.15, -0.1) is 0 Å². The minimum atomic E-state index is -0.374. The summed E-state index contributed by atoms with van der Waals surface area (Å²) in [6.07, 6.45) is 7.14. The van der Waals surface area contributed by atoms with Crippen LogP contribution in [0.5, 0.6) is 0 Å². The van der Waals surface area contributed by atoms with Crippen molar-refractivity contribution in [3.8, 4) is 0 Å². The molecule has 1 aliphatic heterocycles. The summed E-state index contributed by atoms with van der Waals surface area (Å²) < 4.78 is 16.8. The van der Waals surface area contributed by atoms with Crippen LogP contribution in [-0.2, 0) is 20.5 Å².